The number of rotatable bonds is 5. The van der Waals surface area contributed by atoms with Gasteiger partial charge < -0.3 is 9.80 Å². The van der Waals surface area contributed by atoms with Gasteiger partial charge in [0.1, 0.15) is 38.4 Å². The number of nitrogens with one attached hydrogen (secondary N) is 2. The van der Waals surface area contributed by atoms with Crippen LogP contribution >= 0.6 is 0 Å². The predicted molar refractivity (Wildman–Crippen MR) is 128 cm³/mol. The number of fused-ring (bicyclic) bond motifs is 1. The maximum atomic E-state index is 13.4. The molecular weight excluding hydrogens is 396 g/mol. The molecular formula is C27H30N4O+2. The third-order valence-electron chi connectivity index (χ3n) is 6.52. The van der Waals surface area contributed by atoms with Crippen molar-refractivity contribution in [3.05, 3.63) is 95.6 Å². The zero-order chi connectivity index (χ0) is 21.9. The molecule has 2 N–H and O–H groups in total. The Balaban J connectivity index is 1.28. The molecule has 5 heteroatoms. The summed E-state index contributed by atoms with van der Waals surface area (Å²) in [5, 5.41) is 0. The molecule has 162 valence electrons. The van der Waals surface area contributed by atoms with Crippen LogP contribution in [0.1, 0.15) is 16.7 Å². The number of anilines is 1. The van der Waals surface area contributed by atoms with Gasteiger partial charge in [0.25, 0.3) is 5.91 Å². The minimum atomic E-state index is 0.0123. The number of carbonyl (C=O) groups is 1. The molecule has 32 heavy (non-hydrogen) atoms. The SMILES string of the molecule is Cc1ccc(N=C2C(=O)N(C[NH+]3CC[NH+](Cc4ccccc4)CC3)c3ccccc32)cc1. The molecule has 2 heterocycles. The Morgan fingerprint density at radius 2 is 1.47 bits per heavy atom. The lowest BCUT2D eigenvalue weighted by Gasteiger charge is -2.32. The molecule has 0 bridgehead atoms. The maximum absolute atomic E-state index is 13.4. The number of nitrogens with zero attached hydrogens (tertiary/aromatic N) is 2. The summed E-state index contributed by atoms with van der Waals surface area (Å²) in [7, 11) is 0. The monoisotopic (exact) mass is 426 g/mol. The van der Waals surface area contributed by atoms with E-state index in [-0.39, 0.29) is 5.91 Å². The number of amides is 1. The van der Waals surface area contributed by atoms with Gasteiger partial charge in [-0.1, -0.05) is 66.2 Å². The predicted octanol–water partition coefficient (Wildman–Crippen LogP) is 1.40. The molecule has 0 aromatic heterocycles. The van der Waals surface area contributed by atoms with Crippen LogP contribution in [-0.2, 0) is 11.3 Å². The van der Waals surface area contributed by atoms with Gasteiger partial charge in [-0.3, -0.25) is 9.69 Å². The summed E-state index contributed by atoms with van der Waals surface area (Å²) in [6.07, 6.45) is 0. The highest BCUT2D eigenvalue weighted by Crippen LogP contribution is 2.30. The van der Waals surface area contributed by atoms with E-state index >= 15 is 0 Å². The zero-order valence-corrected chi connectivity index (χ0v) is 18.6. The van der Waals surface area contributed by atoms with E-state index in [1.807, 2.05) is 53.4 Å². The van der Waals surface area contributed by atoms with Crippen LogP contribution in [0.4, 0.5) is 11.4 Å². The summed E-state index contributed by atoms with van der Waals surface area (Å²) < 4.78 is 0. The van der Waals surface area contributed by atoms with Crippen molar-refractivity contribution in [1.29, 1.82) is 0 Å². The minimum absolute atomic E-state index is 0.0123. The van der Waals surface area contributed by atoms with Crippen LogP contribution in [0, 0.1) is 6.92 Å². The normalized spacial score (nSPS) is 21.7. The molecule has 5 rings (SSSR count). The van der Waals surface area contributed by atoms with Crippen molar-refractivity contribution < 1.29 is 14.6 Å². The van der Waals surface area contributed by atoms with Gasteiger partial charge in [0.15, 0.2) is 6.67 Å². The largest absolute Gasteiger partial charge is 0.322 e. The number of benzene rings is 3. The van der Waals surface area contributed by atoms with Gasteiger partial charge in [-0.25, -0.2) is 4.99 Å². The quantitative estimate of drug-likeness (QED) is 0.636. The Morgan fingerprint density at radius 1 is 0.812 bits per heavy atom. The van der Waals surface area contributed by atoms with Crippen LogP contribution in [0.3, 0.4) is 0 Å². The van der Waals surface area contributed by atoms with Gasteiger partial charge in [0, 0.05) is 11.1 Å². The number of aliphatic imine (C=N–C) groups is 1. The average Bonchev–Trinajstić information content (AvgIpc) is 3.08. The van der Waals surface area contributed by atoms with Crippen LogP contribution in [0.25, 0.3) is 0 Å². The molecule has 0 unspecified atom stereocenters. The first-order valence-electron chi connectivity index (χ1n) is 11.4. The minimum Gasteiger partial charge on any atom is -0.322 e. The molecule has 0 radical (unpaired) electrons. The van der Waals surface area contributed by atoms with Crippen LogP contribution < -0.4 is 14.7 Å². The molecule has 0 aliphatic carbocycles. The van der Waals surface area contributed by atoms with Crippen LogP contribution in [-0.4, -0.2) is 44.5 Å². The Kier molecular flexibility index (Phi) is 5.84. The number of hydrogen-bond acceptors (Lipinski definition) is 2. The molecule has 3 aromatic carbocycles. The molecule has 1 saturated heterocycles. The highest BCUT2D eigenvalue weighted by molar-refractivity contribution is 6.54. The fourth-order valence-electron chi connectivity index (χ4n) is 4.68. The Bertz CT molecular complexity index is 1120. The number of hydrogen-bond donors (Lipinski definition) is 2. The highest BCUT2D eigenvalue weighted by Gasteiger charge is 2.37. The van der Waals surface area contributed by atoms with Crippen molar-refractivity contribution in [2.24, 2.45) is 4.99 Å². The molecule has 2 aliphatic rings. The van der Waals surface area contributed by atoms with E-state index in [9.17, 15) is 4.79 Å². The van der Waals surface area contributed by atoms with Gasteiger partial charge >= 0.3 is 0 Å². The average molecular weight is 427 g/mol. The molecule has 2 aliphatic heterocycles. The fraction of sp³-hybridized carbons (Fsp3) is 0.259. The summed E-state index contributed by atoms with van der Waals surface area (Å²) in [6, 6.07) is 26.8. The lowest BCUT2D eigenvalue weighted by Crippen LogP contribution is -3.28. The molecule has 1 amide bonds. The number of quaternary nitrogens is 2. The van der Waals surface area contributed by atoms with Crippen LogP contribution in [0.2, 0.25) is 0 Å². The second-order valence-corrected chi connectivity index (χ2v) is 8.87. The first-order valence-corrected chi connectivity index (χ1v) is 11.4. The third kappa shape index (κ3) is 4.35. The van der Waals surface area contributed by atoms with E-state index in [1.165, 1.54) is 16.0 Å². The molecule has 0 saturated carbocycles. The van der Waals surface area contributed by atoms with Gasteiger partial charge in [0.2, 0.25) is 0 Å². The van der Waals surface area contributed by atoms with E-state index < -0.39 is 0 Å². The molecule has 5 nitrogen and oxygen atoms in total. The highest BCUT2D eigenvalue weighted by atomic mass is 16.2. The van der Waals surface area contributed by atoms with Crippen LogP contribution in [0.15, 0.2) is 83.9 Å². The number of piperazine rings is 1. The first kappa shape index (κ1) is 20.6. The van der Waals surface area contributed by atoms with E-state index in [0.717, 1.165) is 49.7 Å². The van der Waals surface area contributed by atoms with Crippen molar-refractivity contribution in [2.45, 2.75) is 13.5 Å². The Labute approximate surface area is 189 Å². The second-order valence-electron chi connectivity index (χ2n) is 8.87. The molecule has 0 atom stereocenters. The van der Waals surface area contributed by atoms with Crippen molar-refractivity contribution in [1.82, 2.24) is 0 Å². The van der Waals surface area contributed by atoms with E-state index in [2.05, 4.69) is 37.3 Å². The molecule has 3 aromatic rings. The van der Waals surface area contributed by atoms with E-state index in [1.54, 1.807) is 4.90 Å². The second kappa shape index (κ2) is 9.07. The number of para-hydroxylation sites is 1. The van der Waals surface area contributed by atoms with Gasteiger partial charge in [0.05, 0.1) is 11.4 Å². The maximum Gasteiger partial charge on any atom is 0.281 e. The van der Waals surface area contributed by atoms with E-state index in [4.69, 9.17) is 4.99 Å². The van der Waals surface area contributed by atoms with Crippen molar-refractivity contribution in [2.75, 3.05) is 37.7 Å². The first-order chi connectivity index (χ1) is 15.7. The summed E-state index contributed by atoms with van der Waals surface area (Å²) in [4.78, 5) is 23.1. The molecule has 1 fully saturated rings. The smallest absolute Gasteiger partial charge is 0.281 e. The van der Waals surface area contributed by atoms with Crippen molar-refractivity contribution in [3.63, 3.8) is 0 Å². The Hall–Kier alpha value is -3.28. The lowest BCUT2D eigenvalue weighted by molar-refractivity contribution is -1.02. The summed E-state index contributed by atoms with van der Waals surface area (Å²) in [5.41, 5.74) is 5.87. The number of carbonyl (C=O) groups excluding carboxylic acids is 1. The Morgan fingerprint density at radius 3 is 2.22 bits per heavy atom. The summed E-state index contributed by atoms with van der Waals surface area (Å²) >= 11 is 0. The molecule has 0 spiro atoms. The van der Waals surface area contributed by atoms with Gasteiger partial charge in [-0.05, 0) is 25.1 Å². The van der Waals surface area contributed by atoms with Gasteiger partial charge in [-0.15, -0.1) is 0 Å². The number of aryl methyl sites for hydroxylation is 1. The van der Waals surface area contributed by atoms with E-state index in [0.29, 0.717) is 12.4 Å². The van der Waals surface area contributed by atoms with Gasteiger partial charge in [-0.2, -0.15) is 0 Å². The van der Waals surface area contributed by atoms with Crippen molar-refractivity contribution in [3.8, 4) is 0 Å². The summed E-state index contributed by atoms with van der Waals surface area (Å²) in [5.74, 6) is 0.0123. The lowest BCUT2D eigenvalue weighted by atomic mass is 10.1. The van der Waals surface area contributed by atoms with Crippen LogP contribution in [0.5, 0.6) is 0 Å². The standard InChI is InChI=1S/C27H28N4O/c1-21-11-13-23(14-12-21)28-26-24-9-5-6-10-25(24)31(27(26)32)20-30-17-15-29(16-18-30)19-22-7-3-2-4-8-22/h2-14H,15-20H2,1H3/p+2. The van der Waals surface area contributed by atoms with Crippen molar-refractivity contribution >= 4 is 23.0 Å². The zero-order valence-electron chi connectivity index (χ0n) is 18.6. The summed E-state index contributed by atoms with van der Waals surface area (Å²) in [6.45, 7) is 8.21. The topological polar surface area (TPSA) is 41.5 Å². The fourth-order valence-corrected chi connectivity index (χ4v) is 4.68. The third-order valence-corrected chi connectivity index (χ3v) is 6.52.